The van der Waals surface area contributed by atoms with Crippen molar-refractivity contribution in [1.82, 2.24) is 4.90 Å². The van der Waals surface area contributed by atoms with Crippen molar-refractivity contribution in [3.05, 3.63) is 29.6 Å². The molecular formula is C24H36F2N2O. The van der Waals surface area contributed by atoms with E-state index in [4.69, 9.17) is 0 Å². The van der Waals surface area contributed by atoms with E-state index >= 15 is 0 Å². The van der Waals surface area contributed by atoms with Gasteiger partial charge in [0.15, 0.2) is 0 Å². The van der Waals surface area contributed by atoms with Crippen molar-refractivity contribution in [2.45, 2.75) is 71.9 Å². The molecule has 0 aromatic heterocycles. The molecule has 1 heterocycles. The second kappa shape index (κ2) is 9.55. The van der Waals surface area contributed by atoms with Crippen LogP contribution < -0.4 is 5.32 Å². The third-order valence-electron chi connectivity index (χ3n) is 6.47. The minimum absolute atomic E-state index is 0.0129. The van der Waals surface area contributed by atoms with Gasteiger partial charge in [0, 0.05) is 18.2 Å². The largest absolute Gasteiger partial charge is 0.326 e. The number of anilines is 1. The van der Waals surface area contributed by atoms with E-state index in [0.717, 1.165) is 51.6 Å². The highest BCUT2D eigenvalue weighted by Gasteiger charge is 2.30. The first-order chi connectivity index (χ1) is 13.7. The van der Waals surface area contributed by atoms with Crippen molar-refractivity contribution in [2.24, 2.45) is 17.3 Å². The lowest BCUT2D eigenvalue weighted by Gasteiger charge is -2.36. The van der Waals surface area contributed by atoms with Gasteiger partial charge in [-0.15, -0.1) is 0 Å². The molecule has 3 nitrogen and oxygen atoms in total. The number of amides is 1. The molecule has 1 aromatic rings. The number of rotatable bonds is 6. The fourth-order valence-electron chi connectivity index (χ4n) is 4.45. The number of nitrogens with one attached hydrogen (secondary N) is 1. The predicted octanol–water partition coefficient (Wildman–Crippen LogP) is 5.59. The van der Waals surface area contributed by atoms with Crippen molar-refractivity contribution in [3.8, 4) is 0 Å². The number of nitrogens with zero attached hydrogens (tertiary/aromatic N) is 1. The first kappa shape index (κ1) is 22.2. The maximum Gasteiger partial charge on any atom is 0.227 e. The lowest BCUT2D eigenvalue weighted by atomic mass is 9.87. The average Bonchev–Trinajstić information content (AvgIpc) is 3.18. The van der Waals surface area contributed by atoms with Crippen LogP contribution in [0.5, 0.6) is 0 Å². The lowest BCUT2D eigenvalue weighted by Crippen LogP contribution is -2.43. The zero-order chi connectivity index (χ0) is 21.0. The van der Waals surface area contributed by atoms with Crippen LogP contribution in [0.2, 0.25) is 0 Å². The van der Waals surface area contributed by atoms with E-state index in [1.54, 1.807) is 12.1 Å². The van der Waals surface area contributed by atoms with Gasteiger partial charge in [-0.05, 0) is 74.2 Å². The second-order valence-electron chi connectivity index (χ2n) is 10.2. The normalized spacial score (nSPS) is 24.0. The van der Waals surface area contributed by atoms with Crippen molar-refractivity contribution >= 4 is 11.6 Å². The highest BCUT2D eigenvalue weighted by Crippen LogP contribution is 2.29. The van der Waals surface area contributed by atoms with Gasteiger partial charge >= 0.3 is 0 Å². The van der Waals surface area contributed by atoms with Crippen LogP contribution >= 0.6 is 0 Å². The highest BCUT2D eigenvalue weighted by molar-refractivity contribution is 5.92. The smallest absolute Gasteiger partial charge is 0.227 e. The zero-order valence-corrected chi connectivity index (χ0v) is 18.1. The van der Waals surface area contributed by atoms with Crippen LogP contribution in [-0.2, 0) is 11.2 Å². The van der Waals surface area contributed by atoms with E-state index in [1.165, 1.54) is 6.07 Å². The van der Waals surface area contributed by atoms with Gasteiger partial charge in [0.1, 0.15) is 12.0 Å². The molecule has 2 atom stereocenters. The predicted molar refractivity (Wildman–Crippen MR) is 114 cm³/mol. The molecule has 2 fully saturated rings. The monoisotopic (exact) mass is 406 g/mol. The summed E-state index contributed by atoms with van der Waals surface area (Å²) >= 11 is 0. The van der Waals surface area contributed by atoms with Crippen LogP contribution in [0.1, 0.15) is 64.9 Å². The number of hydrogen-bond donors (Lipinski definition) is 1. The molecule has 1 amide bonds. The summed E-state index contributed by atoms with van der Waals surface area (Å²) in [6.45, 7) is 8.84. The van der Waals surface area contributed by atoms with Crippen molar-refractivity contribution in [3.63, 3.8) is 0 Å². The van der Waals surface area contributed by atoms with Gasteiger partial charge < -0.3 is 10.2 Å². The van der Waals surface area contributed by atoms with Crippen molar-refractivity contribution in [1.29, 1.82) is 0 Å². The standard InChI is InChI=1S/C24H36F2N2O/c1-24(2,3)11-13-28-12-10-19(22(26)16-28)14-18-8-9-20(15-21(18)25)27-23(29)17-6-4-5-7-17/h8-9,15,17,19,22H,4-7,10-14,16H2,1-3H3,(H,27,29). The number of likely N-dealkylation sites (tertiary alicyclic amines) is 1. The van der Waals surface area contributed by atoms with Gasteiger partial charge in [0.2, 0.25) is 5.91 Å². The van der Waals surface area contributed by atoms with Gasteiger partial charge in [0.05, 0.1) is 0 Å². The summed E-state index contributed by atoms with van der Waals surface area (Å²) in [5.41, 5.74) is 1.29. The van der Waals surface area contributed by atoms with E-state index in [9.17, 15) is 13.6 Å². The van der Waals surface area contributed by atoms with E-state index in [1.807, 2.05) is 0 Å². The lowest BCUT2D eigenvalue weighted by molar-refractivity contribution is -0.119. The van der Waals surface area contributed by atoms with E-state index in [-0.39, 0.29) is 29.0 Å². The number of piperidine rings is 1. The molecule has 162 valence electrons. The summed E-state index contributed by atoms with van der Waals surface area (Å²) in [6.07, 6.45) is 5.30. The third kappa shape index (κ3) is 6.50. The molecule has 1 aliphatic carbocycles. The quantitative estimate of drug-likeness (QED) is 0.668. The molecular weight excluding hydrogens is 370 g/mol. The van der Waals surface area contributed by atoms with Gasteiger partial charge in [-0.3, -0.25) is 4.79 Å². The molecule has 1 aliphatic heterocycles. The Kier molecular flexibility index (Phi) is 7.31. The fourth-order valence-corrected chi connectivity index (χ4v) is 4.45. The van der Waals surface area contributed by atoms with Crippen LogP contribution in [0.25, 0.3) is 0 Å². The molecule has 1 saturated carbocycles. The number of carbonyl (C=O) groups excluding carboxylic acids is 1. The summed E-state index contributed by atoms with van der Waals surface area (Å²) in [6, 6.07) is 4.84. The zero-order valence-electron chi connectivity index (χ0n) is 18.1. The Morgan fingerprint density at radius 1 is 1.21 bits per heavy atom. The topological polar surface area (TPSA) is 32.3 Å². The Labute approximate surface area is 174 Å². The molecule has 0 radical (unpaired) electrons. The van der Waals surface area contributed by atoms with Crippen LogP contribution in [-0.4, -0.2) is 36.6 Å². The molecule has 1 N–H and O–H groups in total. The maximum absolute atomic E-state index is 14.7. The maximum atomic E-state index is 14.7. The molecule has 5 heteroatoms. The number of alkyl halides is 1. The third-order valence-corrected chi connectivity index (χ3v) is 6.47. The first-order valence-electron chi connectivity index (χ1n) is 11.2. The molecule has 2 unspecified atom stereocenters. The Balaban J connectivity index is 1.52. The Hall–Kier alpha value is -1.49. The minimum Gasteiger partial charge on any atom is -0.326 e. The average molecular weight is 407 g/mol. The Morgan fingerprint density at radius 2 is 1.93 bits per heavy atom. The van der Waals surface area contributed by atoms with Gasteiger partial charge in [0.25, 0.3) is 0 Å². The number of hydrogen-bond acceptors (Lipinski definition) is 2. The summed E-state index contributed by atoms with van der Waals surface area (Å²) in [4.78, 5) is 14.4. The first-order valence-corrected chi connectivity index (χ1v) is 11.2. The van der Waals surface area contributed by atoms with Crippen LogP contribution in [0, 0.1) is 23.1 Å². The Morgan fingerprint density at radius 3 is 2.55 bits per heavy atom. The van der Waals surface area contributed by atoms with E-state index in [2.05, 4.69) is 31.0 Å². The highest BCUT2D eigenvalue weighted by atomic mass is 19.1. The van der Waals surface area contributed by atoms with Crippen LogP contribution in [0.3, 0.4) is 0 Å². The van der Waals surface area contributed by atoms with Crippen molar-refractivity contribution in [2.75, 3.05) is 25.0 Å². The molecule has 29 heavy (non-hydrogen) atoms. The summed E-state index contributed by atoms with van der Waals surface area (Å²) < 4.78 is 29.3. The van der Waals surface area contributed by atoms with Gasteiger partial charge in [-0.1, -0.05) is 39.7 Å². The molecule has 0 bridgehead atoms. The number of halogens is 2. The van der Waals surface area contributed by atoms with Crippen molar-refractivity contribution < 1.29 is 13.6 Å². The number of carbonyl (C=O) groups is 1. The van der Waals surface area contributed by atoms with Crippen LogP contribution in [0.15, 0.2) is 18.2 Å². The van der Waals surface area contributed by atoms with Gasteiger partial charge in [-0.2, -0.15) is 0 Å². The molecule has 1 aromatic carbocycles. The molecule has 2 aliphatic rings. The SMILES string of the molecule is CC(C)(C)CCN1CCC(Cc2ccc(NC(=O)C3CCCC3)cc2F)C(F)C1. The summed E-state index contributed by atoms with van der Waals surface area (Å²) in [7, 11) is 0. The minimum atomic E-state index is -0.926. The number of benzene rings is 1. The Bertz CT molecular complexity index is 695. The van der Waals surface area contributed by atoms with E-state index in [0.29, 0.717) is 24.2 Å². The van der Waals surface area contributed by atoms with Crippen LogP contribution in [0.4, 0.5) is 14.5 Å². The van der Waals surface area contributed by atoms with Gasteiger partial charge in [-0.25, -0.2) is 8.78 Å². The summed E-state index contributed by atoms with van der Waals surface area (Å²) in [5, 5.41) is 2.84. The molecule has 1 saturated heterocycles. The molecule has 0 spiro atoms. The summed E-state index contributed by atoms with van der Waals surface area (Å²) in [5.74, 6) is -0.458. The van der Waals surface area contributed by atoms with E-state index < -0.39 is 6.17 Å². The molecule has 3 rings (SSSR count). The fraction of sp³-hybridized carbons (Fsp3) is 0.708. The second-order valence-corrected chi connectivity index (χ2v) is 10.2.